The molecule has 0 fully saturated rings. The maximum absolute atomic E-state index is 5.14. The monoisotopic (exact) mass is 275 g/mol. The standard InChI is InChI=1S/C16H25N3O/c1-4-17-16(19-12(2)11-20-3)18-10-14-9-13-7-5-6-8-15(13)14/h5-8,12,14H,4,9-11H2,1-3H3,(H2,17,18,19). The number of guanidine groups is 1. The fourth-order valence-electron chi connectivity index (χ4n) is 2.57. The third-order valence-corrected chi connectivity index (χ3v) is 3.58. The summed E-state index contributed by atoms with van der Waals surface area (Å²) in [5.41, 5.74) is 2.93. The molecule has 2 rings (SSSR count). The highest BCUT2D eigenvalue weighted by Crippen LogP contribution is 2.34. The van der Waals surface area contributed by atoms with E-state index in [0.717, 1.165) is 25.5 Å². The third kappa shape index (κ3) is 3.73. The predicted molar refractivity (Wildman–Crippen MR) is 83.3 cm³/mol. The lowest BCUT2D eigenvalue weighted by molar-refractivity contribution is 0.179. The Morgan fingerprint density at radius 2 is 2.25 bits per heavy atom. The molecule has 0 amide bonds. The first-order valence-electron chi connectivity index (χ1n) is 7.36. The van der Waals surface area contributed by atoms with E-state index >= 15 is 0 Å². The summed E-state index contributed by atoms with van der Waals surface area (Å²) < 4.78 is 5.14. The molecule has 0 spiro atoms. The molecule has 1 aliphatic carbocycles. The van der Waals surface area contributed by atoms with Crippen LogP contribution in [0, 0.1) is 0 Å². The van der Waals surface area contributed by atoms with Crippen molar-refractivity contribution in [3.05, 3.63) is 35.4 Å². The number of ether oxygens (including phenoxy) is 1. The number of hydrogen-bond acceptors (Lipinski definition) is 2. The summed E-state index contributed by atoms with van der Waals surface area (Å²) in [6.45, 7) is 6.56. The van der Waals surface area contributed by atoms with Gasteiger partial charge in [-0.3, -0.25) is 4.99 Å². The minimum absolute atomic E-state index is 0.256. The van der Waals surface area contributed by atoms with E-state index in [1.54, 1.807) is 7.11 Å². The number of hydrogen-bond donors (Lipinski definition) is 2. The minimum atomic E-state index is 0.256. The van der Waals surface area contributed by atoms with Gasteiger partial charge in [-0.25, -0.2) is 0 Å². The van der Waals surface area contributed by atoms with Gasteiger partial charge in [-0.05, 0) is 31.4 Å². The van der Waals surface area contributed by atoms with Crippen molar-refractivity contribution in [2.24, 2.45) is 4.99 Å². The normalized spacial score (nSPS) is 18.9. The fourth-order valence-corrected chi connectivity index (χ4v) is 2.57. The highest BCUT2D eigenvalue weighted by Gasteiger charge is 2.24. The number of aliphatic imine (C=N–C) groups is 1. The number of nitrogens with zero attached hydrogens (tertiary/aromatic N) is 1. The van der Waals surface area contributed by atoms with Crippen LogP contribution in [-0.2, 0) is 11.2 Å². The molecule has 0 aliphatic heterocycles. The number of methoxy groups -OCH3 is 1. The van der Waals surface area contributed by atoms with E-state index in [0.29, 0.717) is 12.5 Å². The van der Waals surface area contributed by atoms with E-state index in [1.807, 2.05) is 0 Å². The highest BCUT2D eigenvalue weighted by atomic mass is 16.5. The second-order valence-corrected chi connectivity index (χ2v) is 5.32. The van der Waals surface area contributed by atoms with E-state index in [9.17, 15) is 0 Å². The van der Waals surface area contributed by atoms with E-state index in [2.05, 4.69) is 48.7 Å². The maximum Gasteiger partial charge on any atom is 0.191 e. The number of rotatable bonds is 6. The van der Waals surface area contributed by atoms with E-state index in [1.165, 1.54) is 11.1 Å². The summed E-state index contributed by atoms with van der Waals surface area (Å²) in [7, 11) is 1.72. The summed E-state index contributed by atoms with van der Waals surface area (Å²) in [6.07, 6.45) is 1.15. The van der Waals surface area contributed by atoms with Crippen molar-refractivity contribution in [2.45, 2.75) is 32.2 Å². The van der Waals surface area contributed by atoms with Crippen molar-refractivity contribution in [1.29, 1.82) is 0 Å². The smallest absolute Gasteiger partial charge is 0.191 e. The topological polar surface area (TPSA) is 45.7 Å². The van der Waals surface area contributed by atoms with E-state index < -0.39 is 0 Å². The first-order chi connectivity index (χ1) is 9.74. The van der Waals surface area contributed by atoms with Crippen molar-refractivity contribution >= 4 is 5.96 Å². The second kappa shape index (κ2) is 7.29. The predicted octanol–water partition coefficient (Wildman–Crippen LogP) is 1.92. The lowest BCUT2D eigenvalue weighted by Crippen LogP contribution is -2.44. The van der Waals surface area contributed by atoms with Crippen LogP contribution in [0.25, 0.3) is 0 Å². The van der Waals surface area contributed by atoms with Gasteiger partial charge in [0, 0.05) is 32.2 Å². The Hall–Kier alpha value is -1.55. The van der Waals surface area contributed by atoms with E-state index in [4.69, 9.17) is 9.73 Å². The molecule has 0 bridgehead atoms. The van der Waals surface area contributed by atoms with Crippen LogP contribution in [0.1, 0.15) is 30.9 Å². The van der Waals surface area contributed by atoms with Gasteiger partial charge in [0.05, 0.1) is 6.61 Å². The molecule has 4 nitrogen and oxygen atoms in total. The molecule has 4 heteroatoms. The summed E-state index contributed by atoms with van der Waals surface area (Å²) in [5, 5.41) is 6.64. The molecule has 2 atom stereocenters. The van der Waals surface area contributed by atoms with Crippen LogP contribution in [0.15, 0.2) is 29.3 Å². The van der Waals surface area contributed by atoms with Gasteiger partial charge in [0.2, 0.25) is 0 Å². The Morgan fingerprint density at radius 3 is 2.95 bits per heavy atom. The minimum Gasteiger partial charge on any atom is -0.383 e. The van der Waals surface area contributed by atoms with Crippen LogP contribution in [0.3, 0.4) is 0 Å². The van der Waals surface area contributed by atoms with Gasteiger partial charge in [-0.1, -0.05) is 24.3 Å². The van der Waals surface area contributed by atoms with Crippen LogP contribution in [-0.4, -0.2) is 38.8 Å². The summed E-state index contributed by atoms with van der Waals surface area (Å²) in [4.78, 5) is 4.70. The molecule has 0 aromatic heterocycles. The highest BCUT2D eigenvalue weighted by molar-refractivity contribution is 5.80. The second-order valence-electron chi connectivity index (χ2n) is 5.32. The molecule has 1 aromatic rings. The number of benzene rings is 1. The quantitative estimate of drug-likeness (QED) is 0.616. The van der Waals surface area contributed by atoms with Crippen molar-refractivity contribution in [3.63, 3.8) is 0 Å². The van der Waals surface area contributed by atoms with Gasteiger partial charge in [-0.2, -0.15) is 0 Å². The van der Waals surface area contributed by atoms with Crippen LogP contribution >= 0.6 is 0 Å². The molecule has 20 heavy (non-hydrogen) atoms. The summed E-state index contributed by atoms with van der Waals surface area (Å²) >= 11 is 0. The number of nitrogens with one attached hydrogen (secondary N) is 2. The maximum atomic E-state index is 5.14. The van der Waals surface area contributed by atoms with Gasteiger partial charge in [0.25, 0.3) is 0 Å². The van der Waals surface area contributed by atoms with Gasteiger partial charge >= 0.3 is 0 Å². The molecule has 1 aliphatic rings. The van der Waals surface area contributed by atoms with Crippen molar-refractivity contribution in [1.82, 2.24) is 10.6 Å². The van der Waals surface area contributed by atoms with Crippen LogP contribution in [0.2, 0.25) is 0 Å². The molecule has 1 aromatic carbocycles. The molecule has 2 N–H and O–H groups in total. The lowest BCUT2D eigenvalue weighted by Gasteiger charge is -2.29. The first-order valence-corrected chi connectivity index (χ1v) is 7.36. The molecule has 0 saturated heterocycles. The van der Waals surface area contributed by atoms with Crippen molar-refractivity contribution in [2.75, 3.05) is 26.8 Å². The van der Waals surface area contributed by atoms with Crippen LogP contribution in [0.5, 0.6) is 0 Å². The molecule has 0 heterocycles. The molecular formula is C16H25N3O. The Morgan fingerprint density at radius 1 is 1.45 bits per heavy atom. The van der Waals surface area contributed by atoms with Crippen LogP contribution in [0.4, 0.5) is 0 Å². The fraction of sp³-hybridized carbons (Fsp3) is 0.562. The van der Waals surface area contributed by atoms with Gasteiger partial charge in [0.1, 0.15) is 0 Å². The Bertz CT molecular complexity index is 459. The average Bonchev–Trinajstić information content (AvgIpc) is 2.40. The zero-order valence-electron chi connectivity index (χ0n) is 12.6. The lowest BCUT2D eigenvalue weighted by atomic mass is 9.78. The zero-order valence-corrected chi connectivity index (χ0v) is 12.6. The van der Waals surface area contributed by atoms with Crippen LogP contribution < -0.4 is 10.6 Å². The molecule has 110 valence electrons. The SMILES string of the molecule is CCNC(=NCC1Cc2ccccc21)NC(C)COC. The average molecular weight is 275 g/mol. The summed E-state index contributed by atoms with van der Waals surface area (Å²) in [5.74, 6) is 1.45. The molecule has 0 saturated carbocycles. The largest absolute Gasteiger partial charge is 0.383 e. The Kier molecular flexibility index (Phi) is 5.41. The summed E-state index contributed by atoms with van der Waals surface area (Å²) in [6, 6.07) is 8.90. The third-order valence-electron chi connectivity index (χ3n) is 3.58. The van der Waals surface area contributed by atoms with E-state index in [-0.39, 0.29) is 6.04 Å². The zero-order chi connectivity index (χ0) is 14.4. The molecule has 2 unspecified atom stereocenters. The first kappa shape index (κ1) is 14.9. The molecular weight excluding hydrogens is 250 g/mol. The molecule has 0 radical (unpaired) electrons. The van der Waals surface area contributed by atoms with Gasteiger partial charge in [0.15, 0.2) is 5.96 Å². The van der Waals surface area contributed by atoms with Gasteiger partial charge in [-0.15, -0.1) is 0 Å². The Balaban J connectivity index is 1.90. The number of fused-ring (bicyclic) bond motifs is 1. The Labute approximate surface area is 121 Å². The van der Waals surface area contributed by atoms with Gasteiger partial charge < -0.3 is 15.4 Å². The van der Waals surface area contributed by atoms with Crippen molar-refractivity contribution in [3.8, 4) is 0 Å². The van der Waals surface area contributed by atoms with Crippen molar-refractivity contribution < 1.29 is 4.74 Å².